The van der Waals surface area contributed by atoms with E-state index in [4.69, 9.17) is 14.2 Å². The molecule has 8 heteroatoms. The zero-order valence-electron chi connectivity index (χ0n) is 19.5. The highest BCUT2D eigenvalue weighted by Crippen LogP contribution is 2.38. The van der Waals surface area contributed by atoms with Crippen LogP contribution < -0.4 is 15.1 Å². The molecule has 0 unspecified atom stereocenters. The zero-order valence-corrected chi connectivity index (χ0v) is 19.5. The average molecular weight is 448 g/mol. The van der Waals surface area contributed by atoms with E-state index in [-0.39, 0.29) is 18.0 Å². The van der Waals surface area contributed by atoms with Crippen LogP contribution in [0.25, 0.3) is 11.1 Å². The number of benzene rings is 1. The molecule has 0 spiro atoms. The zero-order chi connectivity index (χ0) is 23.1. The van der Waals surface area contributed by atoms with Gasteiger partial charge in [-0.05, 0) is 63.4 Å². The first-order chi connectivity index (χ1) is 15.9. The van der Waals surface area contributed by atoms with Crippen LogP contribution in [0.2, 0.25) is 0 Å². The van der Waals surface area contributed by atoms with E-state index in [1.165, 1.54) is 0 Å². The van der Waals surface area contributed by atoms with Crippen LogP contribution in [-0.2, 0) is 9.53 Å². The average Bonchev–Trinajstić information content (AvgIpc) is 3.17. The number of pyridine rings is 1. The number of aromatic nitrogens is 2. The molecule has 2 aromatic heterocycles. The maximum Gasteiger partial charge on any atom is 0.249 e. The highest BCUT2D eigenvalue weighted by Gasteiger charge is 2.39. The highest BCUT2D eigenvalue weighted by molar-refractivity contribution is 6.04. The monoisotopic (exact) mass is 447 g/mol. The minimum Gasteiger partial charge on any atom is -0.381 e. The van der Waals surface area contributed by atoms with Gasteiger partial charge in [-0.25, -0.2) is 4.98 Å². The van der Waals surface area contributed by atoms with Crippen LogP contribution in [0.15, 0.2) is 40.9 Å². The molecule has 0 saturated carbocycles. The standard InChI is InChI=1S/C25H29N5O3/c1-15-23(17(3)33-28-15)18-5-7-19(8-6-18)26-22-10-9-21-24(27-22)30(16(2)25(31)29(21)4)20-11-13-32-14-12-20/h5-10,16,20H,11-14H2,1-4H3,(H,26,27)/t16-/m1/s1. The van der Waals surface area contributed by atoms with E-state index in [2.05, 4.69) is 27.5 Å². The number of carbonyl (C=O) groups is 1. The molecule has 0 radical (unpaired) electrons. The Labute approximate surface area is 193 Å². The summed E-state index contributed by atoms with van der Waals surface area (Å²) < 4.78 is 10.8. The van der Waals surface area contributed by atoms with E-state index >= 15 is 0 Å². The summed E-state index contributed by atoms with van der Waals surface area (Å²) in [7, 11) is 1.82. The normalized spacial score (nSPS) is 19.0. The Hall–Kier alpha value is -3.39. The molecule has 0 bridgehead atoms. The molecule has 172 valence electrons. The van der Waals surface area contributed by atoms with Crippen molar-refractivity contribution in [2.45, 2.75) is 45.7 Å². The van der Waals surface area contributed by atoms with Crippen molar-refractivity contribution in [3.05, 3.63) is 47.9 Å². The molecule has 2 aliphatic heterocycles. The van der Waals surface area contributed by atoms with E-state index in [9.17, 15) is 4.79 Å². The summed E-state index contributed by atoms with van der Waals surface area (Å²) in [5, 5.41) is 7.46. The van der Waals surface area contributed by atoms with Gasteiger partial charge in [-0.1, -0.05) is 17.3 Å². The molecule has 8 nitrogen and oxygen atoms in total. The lowest BCUT2D eigenvalue weighted by Gasteiger charge is -2.44. The van der Waals surface area contributed by atoms with Crippen molar-refractivity contribution in [3.8, 4) is 11.1 Å². The van der Waals surface area contributed by atoms with Crippen molar-refractivity contribution >= 4 is 28.9 Å². The van der Waals surface area contributed by atoms with Gasteiger partial charge in [-0.3, -0.25) is 4.79 Å². The quantitative estimate of drug-likeness (QED) is 0.633. The van der Waals surface area contributed by atoms with Crippen molar-refractivity contribution < 1.29 is 14.1 Å². The summed E-state index contributed by atoms with van der Waals surface area (Å²) >= 11 is 0. The minimum atomic E-state index is -0.261. The van der Waals surface area contributed by atoms with Crippen LogP contribution in [0.1, 0.15) is 31.2 Å². The van der Waals surface area contributed by atoms with E-state index in [1.807, 2.05) is 52.1 Å². The number of anilines is 4. The molecule has 0 aliphatic carbocycles. The van der Waals surface area contributed by atoms with E-state index in [0.717, 1.165) is 58.4 Å². The van der Waals surface area contributed by atoms with Crippen molar-refractivity contribution in [1.29, 1.82) is 0 Å². The molecule has 1 N–H and O–H groups in total. The summed E-state index contributed by atoms with van der Waals surface area (Å²) in [5.41, 5.74) is 4.75. The first-order valence-electron chi connectivity index (χ1n) is 11.4. The predicted molar refractivity (Wildman–Crippen MR) is 128 cm³/mol. The van der Waals surface area contributed by atoms with Crippen LogP contribution >= 0.6 is 0 Å². The lowest BCUT2D eigenvalue weighted by molar-refractivity contribution is -0.119. The Balaban J connectivity index is 1.44. The van der Waals surface area contributed by atoms with Gasteiger partial charge in [0.05, 0.1) is 11.4 Å². The van der Waals surface area contributed by atoms with Crippen LogP contribution in [0, 0.1) is 13.8 Å². The summed E-state index contributed by atoms with van der Waals surface area (Å²) in [6.45, 7) is 7.26. The number of hydrogen-bond acceptors (Lipinski definition) is 7. The van der Waals surface area contributed by atoms with E-state index in [1.54, 1.807) is 4.90 Å². The molecular weight excluding hydrogens is 418 g/mol. The van der Waals surface area contributed by atoms with Gasteiger partial charge in [0, 0.05) is 37.6 Å². The molecule has 1 fully saturated rings. The second-order valence-electron chi connectivity index (χ2n) is 8.76. The largest absolute Gasteiger partial charge is 0.381 e. The van der Waals surface area contributed by atoms with Crippen molar-refractivity contribution in [3.63, 3.8) is 0 Å². The highest BCUT2D eigenvalue weighted by atomic mass is 16.5. The third kappa shape index (κ3) is 3.84. The first-order valence-corrected chi connectivity index (χ1v) is 11.4. The molecule has 4 heterocycles. The fraction of sp³-hybridized carbons (Fsp3) is 0.400. The Bertz CT molecular complexity index is 1150. The SMILES string of the molecule is Cc1noc(C)c1-c1ccc(Nc2ccc3c(n2)N(C2CCOCC2)[C@H](C)C(=O)N3C)cc1. The van der Waals surface area contributed by atoms with Crippen molar-refractivity contribution in [1.82, 2.24) is 10.1 Å². The number of likely N-dealkylation sites (N-methyl/N-ethyl adjacent to an activating group) is 1. The number of ether oxygens (including phenoxy) is 1. The number of rotatable bonds is 4. The van der Waals surface area contributed by atoms with Gasteiger partial charge in [0.25, 0.3) is 0 Å². The summed E-state index contributed by atoms with van der Waals surface area (Å²) in [5.74, 6) is 2.48. The fourth-order valence-electron chi connectivity index (χ4n) is 4.88. The lowest BCUT2D eigenvalue weighted by Crippen LogP contribution is -2.56. The third-order valence-corrected chi connectivity index (χ3v) is 6.63. The number of hydrogen-bond donors (Lipinski definition) is 1. The van der Waals surface area contributed by atoms with Gasteiger partial charge < -0.3 is 24.4 Å². The Morgan fingerprint density at radius 1 is 1.06 bits per heavy atom. The smallest absolute Gasteiger partial charge is 0.249 e. The first kappa shape index (κ1) is 21.5. The number of aryl methyl sites for hydroxylation is 2. The van der Waals surface area contributed by atoms with E-state index < -0.39 is 0 Å². The third-order valence-electron chi connectivity index (χ3n) is 6.63. The molecule has 33 heavy (non-hydrogen) atoms. The molecule has 2 aliphatic rings. The summed E-state index contributed by atoms with van der Waals surface area (Å²) in [6.07, 6.45) is 1.78. The summed E-state index contributed by atoms with van der Waals surface area (Å²) in [6, 6.07) is 12.0. The Kier molecular flexibility index (Phi) is 5.54. The Morgan fingerprint density at radius 3 is 2.45 bits per heavy atom. The number of nitrogens with zero attached hydrogens (tertiary/aromatic N) is 4. The van der Waals surface area contributed by atoms with Crippen molar-refractivity contribution in [2.24, 2.45) is 0 Å². The number of carbonyl (C=O) groups excluding carboxylic acids is 1. The second-order valence-corrected chi connectivity index (χ2v) is 8.76. The van der Waals surface area contributed by atoms with E-state index in [0.29, 0.717) is 13.2 Å². The maximum atomic E-state index is 12.9. The van der Waals surface area contributed by atoms with Crippen LogP contribution in [0.4, 0.5) is 23.0 Å². The topological polar surface area (TPSA) is 83.7 Å². The molecule has 1 saturated heterocycles. The molecule has 5 rings (SSSR count). The van der Waals surface area contributed by atoms with Gasteiger partial charge in [0.15, 0.2) is 5.82 Å². The molecule has 1 atom stereocenters. The summed E-state index contributed by atoms with van der Waals surface area (Å²) in [4.78, 5) is 21.7. The predicted octanol–water partition coefficient (Wildman–Crippen LogP) is 4.45. The van der Waals surface area contributed by atoms with Gasteiger partial charge in [-0.15, -0.1) is 0 Å². The maximum absolute atomic E-state index is 12.9. The number of nitrogens with one attached hydrogen (secondary N) is 1. The van der Waals surface area contributed by atoms with Crippen LogP contribution in [0.5, 0.6) is 0 Å². The molecule has 1 amide bonds. The van der Waals surface area contributed by atoms with Crippen LogP contribution in [-0.4, -0.2) is 48.4 Å². The van der Waals surface area contributed by atoms with Gasteiger partial charge in [-0.2, -0.15) is 0 Å². The molecule has 3 aromatic rings. The van der Waals surface area contributed by atoms with Gasteiger partial charge in [0.1, 0.15) is 17.6 Å². The van der Waals surface area contributed by atoms with Gasteiger partial charge in [0.2, 0.25) is 5.91 Å². The fourth-order valence-corrected chi connectivity index (χ4v) is 4.88. The van der Waals surface area contributed by atoms with Crippen LogP contribution in [0.3, 0.4) is 0 Å². The molecule has 1 aromatic carbocycles. The molecular formula is C25H29N5O3. The second kappa shape index (κ2) is 8.51. The van der Waals surface area contributed by atoms with Crippen molar-refractivity contribution in [2.75, 3.05) is 35.4 Å². The minimum absolute atomic E-state index is 0.0893. The number of fused-ring (bicyclic) bond motifs is 1. The Morgan fingerprint density at radius 2 is 1.79 bits per heavy atom. The lowest BCUT2D eigenvalue weighted by atomic mass is 10.0. The number of amides is 1. The van der Waals surface area contributed by atoms with Gasteiger partial charge >= 0.3 is 0 Å².